The molecule has 2 aromatic rings. The number of para-hydroxylation sites is 1. The minimum absolute atomic E-state index is 0.0167. The van der Waals surface area contributed by atoms with E-state index in [4.69, 9.17) is 0 Å². The Morgan fingerprint density at radius 1 is 1.23 bits per heavy atom. The molecular formula is C17H13F4N3O2. The van der Waals surface area contributed by atoms with Crippen LogP contribution in [0.5, 0.6) is 0 Å². The van der Waals surface area contributed by atoms with Crippen molar-refractivity contribution in [1.29, 1.82) is 0 Å². The summed E-state index contributed by atoms with van der Waals surface area (Å²) in [6.07, 6.45) is -2.74. The molecule has 2 heterocycles. The Balaban J connectivity index is 1.87. The highest BCUT2D eigenvalue weighted by Crippen LogP contribution is 2.34. The van der Waals surface area contributed by atoms with Gasteiger partial charge in [-0.25, -0.2) is 4.39 Å². The van der Waals surface area contributed by atoms with Crippen LogP contribution in [-0.2, 0) is 15.8 Å². The second kappa shape index (κ2) is 6.74. The number of halogens is 4. The molecule has 1 saturated heterocycles. The van der Waals surface area contributed by atoms with E-state index >= 15 is 0 Å². The average Bonchev–Trinajstić information content (AvgIpc) is 2.98. The van der Waals surface area contributed by atoms with Gasteiger partial charge in [-0.2, -0.15) is 13.2 Å². The minimum atomic E-state index is -4.59. The van der Waals surface area contributed by atoms with Crippen LogP contribution in [0.3, 0.4) is 0 Å². The first-order chi connectivity index (χ1) is 12.3. The van der Waals surface area contributed by atoms with E-state index in [0.29, 0.717) is 6.20 Å². The Labute approximate surface area is 145 Å². The van der Waals surface area contributed by atoms with Crippen LogP contribution in [0.15, 0.2) is 42.7 Å². The van der Waals surface area contributed by atoms with Crippen molar-refractivity contribution in [2.45, 2.75) is 12.1 Å². The van der Waals surface area contributed by atoms with E-state index in [0.717, 1.165) is 12.1 Å². The molecule has 1 aromatic heterocycles. The smallest absolute Gasteiger partial charge is 0.355 e. The summed E-state index contributed by atoms with van der Waals surface area (Å²) in [7, 11) is 0. The molecule has 0 spiro atoms. The zero-order chi connectivity index (χ0) is 18.9. The number of hydrogen-bond donors (Lipinski definition) is 2. The molecule has 1 aromatic carbocycles. The SMILES string of the molecule is O=C1NC[C@H](c2cncc(C(F)(F)F)c2)[C@H]1C(=O)Nc1ccccc1F. The number of benzene rings is 1. The number of carbonyl (C=O) groups excluding carboxylic acids is 2. The maximum atomic E-state index is 13.7. The van der Waals surface area contributed by atoms with Crippen LogP contribution in [0, 0.1) is 11.7 Å². The molecule has 0 unspecified atom stereocenters. The Morgan fingerprint density at radius 3 is 2.65 bits per heavy atom. The van der Waals surface area contributed by atoms with Crippen LogP contribution in [0.4, 0.5) is 23.2 Å². The molecule has 1 fully saturated rings. The molecule has 2 N–H and O–H groups in total. The number of rotatable bonds is 3. The summed E-state index contributed by atoms with van der Waals surface area (Å²) in [5.41, 5.74) is -0.979. The second-order valence-corrected chi connectivity index (χ2v) is 5.80. The number of hydrogen-bond acceptors (Lipinski definition) is 3. The highest BCUT2D eigenvalue weighted by Gasteiger charge is 2.42. The van der Waals surface area contributed by atoms with E-state index in [2.05, 4.69) is 15.6 Å². The fraction of sp³-hybridized carbons (Fsp3) is 0.235. The van der Waals surface area contributed by atoms with E-state index in [-0.39, 0.29) is 17.8 Å². The molecule has 5 nitrogen and oxygen atoms in total. The lowest BCUT2D eigenvalue weighted by molar-refractivity contribution is -0.137. The van der Waals surface area contributed by atoms with Gasteiger partial charge in [-0.1, -0.05) is 12.1 Å². The molecule has 2 amide bonds. The molecule has 0 radical (unpaired) electrons. The predicted octanol–water partition coefficient (Wildman–Crippen LogP) is 2.71. The second-order valence-electron chi connectivity index (χ2n) is 5.80. The molecule has 1 aliphatic heterocycles. The highest BCUT2D eigenvalue weighted by molar-refractivity contribution is 6.08. The third-order valence-electron chi connectivity index (χ3n) is 4.11. The van der Waals surface area contributed by atoms with Gasteiger partial charge < -0.3 is 10.6 Å². The molecule has 2 atom stereocenters. The van der Waals surface area contributed by atoms with Crippen molar-refractivity contribution in [3.63, 3.8) is 0 Å². The number of pyridine rings is 1. The summed E-state index contributed by atoms with van der Waals surface area (Å²) in [5.74, 6) is -4.26. The molecule has 1 aliphatic rings. The molecule has 0 aliphatic carbocycles. The van der Waals surface area contributed by atoms with E-state index in [1.54, 1.807) is 0 Å². The Kier molecular flexibility index (Phi) is 4.62. The Bertz CT molecular complexity index is 854. The van der Waals surface area contributed by atoms with Gasteiger partial charge in [-0.15, -0.1) is 0 Å². The maximum Gasteiger partial charge on any atom is 0.417 e. The van der Waals surface area contributed by atoms with E-state index < -0.39 is 41.2 Å². The fourth-order valence-electron chi connectivity index (χ4n) is 2.82. The van der Waals surface area contributed by atoms with Crippen molar-refractivity contribution in [2.75, 3.05) is 11.9 Å². The summed E-state index contributed by atoms with van der Waals surface area (Å²) in [4.78, 5) is 28.1. The maximum absolute atomic E-state index is 13.7. The van der Waals surface area contributed by atoms with Gasteiger partial charge >= 0.3 is 6.18 Å². The molecule has 136 valence electrons. The summed E-state index contributed by atoms with van der Waals surface area (Å²) < 4.78 is 52.3. The van der Waals surface area contributed by atoms with E-state index in [1.165, 1.54) is 24.4 Å². The van der Waals surface area contributed by atoms with Gasteiger partial charge in [0, 0.05) is 24.9 Å². The third kappa shape index (κ3) is 3.51. The lowest BCUT2D eigenvalue weighted by Gasteiger charge is -2.18. The minimum Gasteiger partial charge on any atom is -0.355 e. The number of nitrogens with zero attached hydrogens (tertiary/aromatic N) is 1. The third-order valence-corrected chi connectivity index (χ3v) is 4.11. The van der Waals surface area contributed by atoms with Crippen LogP contribution in [0.25, 0.3) is 0 Å². The van der Waals surface area contributed by atoms with Crippen molar-refractivity contribution in [3.05, 3.63) is 59.7 Å². The highest BCUT2D eigenvalue weighted by atomic mass is 19.4. The van der Waals surface area contributed by atoms with E-state index in [9.17, 15) is 27.2 Å². The van der Waals surface area contributed by atoms with Gasteiger partial charge in [0.25, 0.3) is 0 Å². The van der Waals surface area contributed by atoms with Gasteiger partial charge in [-0.3, -0.25) is 14.6 Å². The van der Waals surface area contributed by atoms with Gasteiger partial charge in [0.2, 0.25) is 11.8 Å². The molecule has 9 heteroatoms. The van der Waals surface area contributed by atoms with Crippen LogP contribution in [-0.4, -0.2) is 23.3 Å². The van der Waals surface area contributed by atoms with E-state index in [1.807, 2.05) is 0 Å². The van der Waals surface area contributed by atoms with Crippen molar-refractivity contribution >= 4 is 17.5 Å². The standard InChI is InChI=1S/C17H13F4N3O2/c18-12-3-1-2-4-13(12)24-16(26)14-11(8-23-15(14)25)9-5-10(7-22-6-9)17(19,20)21/h1-7,11,14H,8H2,(H,23,25)(H,24,26)/t11-,14-/m1/s1. The van der Waals surface area contributed by atoms with Crippen LogP contribution < -0.4 is 10.6 Å². The number of aromatic nitrogens is 1. The average molecular weight is 367 g/mol. The van der Waals surface area contributed by atoms with Crippen LogP contribution >= 0.6 is 0 Å². The van der Waals surface area contributed by atoms with Gasteiger partial charge in [0.05, 0.1) is 11.3 Å². The molecule has 0 bridgehead atoms. The number of amides is 2. The van der Waals surface area contributed by atoms with Gasteiger partial charge in [-0.05, 0) is 23.8 Å². The van der Waals surface area contributed by atoms with Crippen molar-refractivity contribution in [1.82, 2.24) is 10.3 Å². The normalized spacial score (nSPS) is 19.9. The zero-order valence-electron chi connectivity index (χ0n) is 13.2. The fourth-order valence-corrected chi connectivity index (χ4v) is 2.82. The quantitative estimate of drug-likeness (QED) is 0.647. The number of anilines is 1. The zero-order valence-corrected chi connectivity index (χ0v) is 13.2. The largest absolute Gasteiger partial charge is 0.417 e. The molecule has 0 saturated carbocycles. The molecule has 26 heavy (non-hydrogen) atoms. The van der Waals surface area contributed by atoms with Gasteiger partial charge in [0.1, 0.15) is 11.7 Å². The Morgan fingerprint density at radius 2 is 1.96 bits per heavy atom. The summed E-state index contributed by atoms with van der Waals surface area (Å²) in [6, 6.07) is 6.26. The van der Waals surface area contributed by atoms with Gasteiger partial charge in [0.15, 0.2) is 0 Å². The topological polar surface area (TPSA) is 71.1 Å². The lowest BCUT2D eigenvalue weighted by atomic mass is 9.88. The monoisotopic (exact) mass is 367 g/mol. The first kappa shape index (κ1) is 17.8. The van der Waals surface area contributed by atoms with Crippen LogP contribution in [0.1, 0.15) is 17.0 Å². The van der Waals surface area contributed by atoms with Crippen molar-refractivity contribution in [3.8, 4) is 0 Å². The lowest BCUT2D eigenvalue weighted by Crippen LogP contribution is -2.32. The first-order valence-electron chi connectivity index (χ1n) is 7.62. The summed E-state index contributed by atoms with van der Waals surface area (Å²) in [6.45, 7) is -0.0167. The van der Waals surface area contributed by atoms with Crippen molar-refractivity contribution in [2.24, 2.45) is 5.92 Å². The van der Waals surface area contributed by atoms with Crippen LogP contribution in [0.2, 0.25) is 0 Å². The molecule has 3 rings (SSSR count). The number of alkyl halides is 3. The van der Waals surface area contributed by atoms with Crippen molar-refractivity contribution < 1.29 is 27.2 Å². The summed E-state index contributed by atoms with van der Waals surface area (Å²) in [5, 5.41) is 4.76. The molecular weight excluding hydrogens is 354 g/mol. The number of carbonyl (C=O) groups is 2. The number of nitrogens with one attached hydrogen (secondary N) is 2. The first-order valence-corrected chi connectivity index (χ1v) is 7.62. The predicted molar refractivity (Wildman–Crippen MR) is 83.5 cm³/mol. The summed E-state index contributed by atoms with van der Waals surface area (Å²) >= 11 is 0. The Hall–Kier alpha value is -2.97.